The number of anilines is 2. The Kier molecular flexibility index (Phi) is 7.83. The van der Waals surface area contributed by atoms with Gasteiger partial charge in [0.05, 0.1) is 5.69 Å². The molecule has 0 radical (unpaired) electrons. The molecule has 0 spiro atoms. The fourth-order valence-corrected chi connectivity index (χ4v) is 7.03. The van der Waals surface area contributed by atoms with Crippen molar-refractivity contribution < 1.29 is 13.2 Å². The Bertz CT molecular complexity index is 1410. The summed E-state index contributed by atoms with van der Waals surface area (Å²) in [7, 11) is -3.89. The van der Waals surface area contributed by atoms with E-state index in [1.807, 2.05) is 49.4 Å². The van der Waals surface area contributed by atoms with E-state index in [-0.39, 0.29) is 16.8 Å². The lowest BCUT2D eigenvalue weighted by molar-refractivity contribution is 0.102. The van der Waals surface area contributed by atoms with Crippen LogP contribution in [-0.4, -0.2) is 51.9 Å². The Morgan fingerprint density at radius 2 is 1.71 bits per heavy atom. The summed E-state index contributed by atoms with van der Waals surface area (Å²) in [6.45, 7) is 8.26. The third kappa shape index (κ3) is 5.62. The number of carbonyl (C=O) groups excluding carboxylic acids is 1. The lowest BCUT2D eigenvalue weighted by atomic mass is 9.88. The SMILES string of the molecule is CCN1CCN(c2ccc(NC(=O)c3ccccc3C)cc2S(=O)(=O)N[C@@H]2CCCc3ccccc32)CC1. The molecule has 1 saturated heterocycles. The lowest BCUT2D eigenvalue weighted by Crippen LogP contribution is -2.46. The van der Waals surface area contributed by atoms with Gasteiger partial charge in [0.25, 0.3) is 5.91 Å². The molecule has 1 fully saturated rings. The molecule has 38 heavy (non-hydrogen) atoms. The monoisotopic (exact) mass is 532 g/mol. The average Bonchev–Trinajstić information content (AvgIpc) is 2.93. The van der Waals surface area contributed by atoms with E-state index in [1.54, 1.807) is 18.2 Å². The maximum atomic E-state index is 14.0. The number of carbonyl (C=O) groups is 1. The predicted molar refractivity (Wildman–Crippen MR) is 152 cm³/mol. The number of rotatable bonds is 7. The van der Waals surface area contributed by atoms with E-state index in [0.717, 1.165) is 63.1 Å². The first kappa shape index (κ1) is 26.4. The Balaban J connectivity index is 1.48. The van der Waals surface area contributed by atoms with Crippen LogP contribution in [0.4, 0.5) is 11.4 Å². The first-order valence-corrected chi connectivity index (χ1v) is 14.9. The molecule has 0 unspecified atom stereocenters. The van der Waals surface area contributed by atoms with E-state index in [1.165, 1.54) is 5.56 Å². The Morgan fingerprint density at radius 3 is 2.47 bits per heavy atom. The molecule has 0 saturated carbocycles. The van der Waals surface area contributed by atoms with Crippen LogP contribution in [0.15, 0.2) is 71.6 Å². The maximum absolute atomic E-state index is 14.0. The second-order valence-electron chi connectivity index (χ2n) is 10.1. The summed E-state index contributed by atoms with van der Waals surface area (Å²) in [4.78, 5) is 17.7. The van der Waals surface area contributed by atoms with Crippen LogP contribution >= 0.6 is 0 Å². The third-order valence-electron chi connectivity index (χ3n) is 7.72. The smallest absolute Gasteiger partial charge is 0.255 e. The van der Waals surface area contributed by atoms with Gasteiger partial charge in [-0.05, 0) is 73.7 Å². The molecule has 1 atom stereocenters. The molecule has 3 aromatic rings. The highest BCUT2D eigenvalue weighted by Gasteiger charge is 2.30. The van der Waals surface area contributed by atoms with Crippen molar-refractivity contribution in [3.8, 4) is 0 Å². The summed E-state index contributed by atoms with van der Waals surface area (Å²) in [5, 5.41) is 2.92. The van der Waals surface area contributed by atoms with Crippen LogP contribution < -0.4 is 14.9 Å². The average molecular weight is 533 g/mol. The zero-order valence-corrected chi connectivity index (χ0v) is 22.9. The highest BCUT2D eigenvalue weighted by molar-refractivity contribution is 7.89. The van der Waals surface area contributed by atoms with Gasteiger partial charge in [-0.3, -0.25) is 4.79 Å². The van der Waals surface area contributed by atoms with Gasteiger partial charge in [-0.1, -0.05) is 49.4 Å². The molecule has 1 heterocycles. The minimum atomic E-state index is -3.89. The number of likely N-dealkylation sites (N-methyl/N-ethyl adjacent to an activating group) is 1. The number of sulfonamides is 1. The van der Waals surface area contributed by atoms with E-state index in [4.69, 9.17) is 0 Å². The first-order chi connectivity index (χ1) is 18.4. The number of aryl methyl sites for hydroxylation is 2. The Labute approximate surface area is 225 Å². The summed E-state index contributed by atoms with van der Waals surface area (Å²) >= 11 is 0. The second-order valence-corrected chi connectivity index (χ2v) is 11.8. The van der Waals surface area contributed by atoms with Crippen LogP contribution in [0.1, 0.15) is 52.9 Å². The highest BCUT2D eigenvalue weighted by Crippen LogP contribution is 2.34. The Morgan fingerprint density at radius 1 is 0.974 bits per heavy atom. The van der Waals surface area contributed by atoms with E-state index in [0.29, 0.717) is 16.9 Å². The number of nitrogens with zero attached hydrogens (tertiary/aromatic N) is 2. The Hall–Kier alpha value is -3.20. The van der Waals surface area contributed by atoms with Crippen molar-refractivity contribution in [2.45, 2.75) is 44.0 Å². The van der Waals surface area contributed by atoms with Crippen molar-refractivity contribution in [2.75, 3.05) is 42.9 Å². The zero-order chi connectivity index (χ0) is 26.7. The minimum absolute atomic E-state index is 0.202. The van der Waals surface area contributed by atoms with Gasteiger partial charge in [0.2, 0.25) is 10.0 Å². The van der Waals surface area contributed by atoms with E-state index < -0.39 is 10.0 Å². The predicted octanol–water partition coefficient (Wildman–Crippen LogP) is 4.75. The molecule has 1 amide bonds. The van der Waals surface area contributed by atoms with Crippen LogP contribution in [-0.2, 0) is 16.4 Å². The van der Waals surface area contributed by atoms with Crippen molar-refractivity contribution in [3.05, 3.63) is 89.0 Å². The molecule has 1 aliphatic carbocycles. The van der Waals surface area contributed by atoms with Crippen molar-refractivity contribution in [2.24, 2.45) is 0 Å². The molecule has 3 aromatic carbocycles. The number of hydrogen-bond acceptors (Lipinski definition) is 5. The summed E-state index contributed by atoms with van der Waals surface area (Å²) in [6, 6.07) is 20.4. The molecule has 2 N–H and O–H groups in total. The van der Waals surface area contributed by atoms with Gasteiger partial charge < -0.3 is 15.1 Å². The van der Waals surface area contributed by atoms with Gasteiger partial charge >= 0.3 is 0 Å². The molecule has 2 aliphatic rings. The fraction of sp³-hybridized carbons (Fsp3) is 0.367. The van der Waals surface area contributed by atoms with Crippen molar-refractivity contribution in [3.63, 3.8) is 0 Å². The van der Waals surface area contributed by atoms with Gasteiger partial charge in [-0.2, -0.15) is 0 Å². The van der Waals surface area contributed by atoms with Gasteiger partial charge in [0.15, 0.2) is 0 Å². The number of amides is 1. The summed E-state index contributed by atoms with van der Waals surface area (Å²) in [5.74, 6) is -0.259. The van der Waals surface area contributed by atoms with Crippen molar-refractivity contribution in [1.29, 1.82) is 0 Å². The number of hydrogen-bond donors (Lipinski definition) is 2. The van der Waals surface area contributed by atoms with Gasteiger partial charge in [0, 0.05) is 43.5 Å². The maximum Gasteiger partial charge on any atom is 0.255 e. The minimum Gasteiger partial charge on any atom is -0.368 e. The van der Waals surface area contributed by atoms with Crippen LogP contribution in [0.5, 0.6) is 0 Å². The normalized spacial score (nSPS) is 18.2. The fourth-order valence-electron chi connectivity index (χ4n) is 5.53. The molecule has 5 rings (SSSR count). The second kappa shape index (κ2) is 11.3. The largest absolute Gasteiger partial charge is 0.368 e. The molecule has 0 bridgehead atoms. The summed E-state index contributed by atoms with van der Waals surface area (Å²) < 4.78 is 31.0. The number of fused-ring (bicyclic) bond motifs is 1. The van der Waals surface area contributed by atoms with Crippen LogP contribution in [0, 0.1) is 6.92 Å². The molecular weight excluding hydrogens is 496 g/mol. The molecule has 200 valence electrons. The quantitative estimate of drug-likeness (QED) is 0.459. The van der Waals surface area contributed by atoms with Crippen LogP contribution in [0.3, 0.4) is 0 Å². The van der Waals surface area contributed by atoms with Crippen molar-refractivity contribution in [1.82, 2.24) is 9.62 Å². The third-order valence-corrected chi connectivity index (χ3v) is 9.22. The standard InChI is InChI=1S/C30H36N4O3S/c1-3-33-17-19-34(20-18-33)28-16-15-24(31-30(35)25-12-6-4-9-22(25)2)21-29(28)38(36,37)32-27-14-8-11-23-10-5-7-13-26(23)27/h4-7,9-10,12-13,15-16,21,27,32H,3,8,11,14,17-20H2,1-2H3,(H,31,35)/t27-/m1/s1. The number of piperazine rings is 1. The molecule has 8 heteroatoms. The number of benzene rings is 3. The number of nitrogens with one attached hydrogen (secondary N) is 2. The van der Waals surface area contributed by atoms with E-state index in [2.05, 4.69) is 32.8 Å². The molecular formula is C30H36N4O3S. The van der Waals surface area contributed by atoms with Gasteiger partial charge in [0.1, 0.15) is 4.90 Å². The van der Waals surface area contributed by atoms with Crippen molar-refractivity contribution >= 4 is 27.3 Å². The zero-order valence-electron chi connectivity index (χ0n) is 22.1. The van der Waals surface area contributed by atoms with E-state index >= 15 is 0 Å². The topological polar surface area (TPSA) is 81.8 Å². The molecule has 7 nitrogen and oxygen atoms in total. The van der Waals surface area contributed by atoms with Crippen LogP contribution in [0.25, 0.3) is 0 Å². The molecule has 1 aliphatic heterocycles. The summed E-state index contributed by atoms with van der Waals surface area (Å²) in [6.07, 6.45) is 2.65. The lowest BCUT2D eigenvalue weighted by Gasteiger charge is -2.36. The van der Waals surface area contributed by atoms with Crippen LogP contribution in [0.2, 0.25) is 0 Å². The van der Waals surface area contributed by atoms with Gasteiger partial charge in [-0.25, -0.2) is 13.1 Å². The van der Waals surface area contributed by atoms with E-state index in [9.17, 15) is 13.2 Å². The van der Waals surface area contributed by atoms with Gasteiger partial charge in [-0.15, -0.1) is 0 Å². The molecule has 0 aromatic heterocycles. The summed E-state index contributed by atoms with van der Waals surface area (Å²) in [5.41, 5.74) is 4.80. The highest BCUT2D eigenvalue weighted by atomic mass is 32.2. The first-order valence-electron chi connectivity index (χ1n) is 13.4.